The van der Waals surface area contributed by atoms with Gasteiger partial charge in [-0.25, -0.2) is 13.6 Å². The minimum atomic E-state index is -0.403. The molecule has 6 rings (SSSR count). The number of rotatable bonds is 6. The Morgan fingerprint density at radius 3 is 2.05 bits per heavy atom. The molecule has 1 N–H and O–H groups in total. The maximum Gasteiger partial charge on any atom is 0.415 e. The Morgan fingerprint density at radius 2 is 1.51 bits per heavy atom. The number of hydrogen-bond acceptors (Lipinski definition) is 4. The summed E-state index contributed by atoms with van der Waals surface area (Å²) in [5, 5.41) is 3.35. The van der Waals surface area contributed by atoms with Crippen molar-refractivity contribution in [1.29, 1.82) is 0 Å². The van der Waals surface area contributed by atoms with Crippen LogP contribution in [-0.4, -0.2) is 43.8 Å². The van der Waals surface area contributed by atoms with Crippen LogP contribution in [0.3, 0.4) is 0 Å². The molecule has 4 aliphatic rings. The maximum atomic E-state index is 14.9. The monoisotopic (exact) mass is 538 g/mol. The van der Waals surface area contributed by atoms with Gasteiger partial charge in [-0.15, -0.1) is 0 Å². The lowest BCUT2D eigenvalue weighted by atomic mass is 9.48. The Labute approximate surface area is 230 Å². The van der Waals surface area contributed by atoms with Gasteiger partial charge in [0.25, 0.3) is 0 Å². The van der Waals surface area contributed by atoms with Gasteiger partial charge in [-0.3, -0.25) is 0 Å². The summed E-state index contributed by atoms with van der Waals surface area (Å²) < 4.78 is 40.8. The zero-order chi connectivity index (χ0) is 27.6. The summed E-state index contributed by atoms with van der Waals surface area (Å²) in [4.78, 5) is 15.3. The molecule has 2 aromatic carbocycles. The van der Waals surface area contributed by atoms with E-state index >= 15 is 0 Å². The van der Waals surface area contributed by atoms with E-state index in [9.17, 15) is 13.6 Å². The third-order valence-electron chi connectivity index (χ3n) is 9.82. The molecule has 0 bridgehead atoms. The highest BCUT2D eigenvalue weighted by Crippen LogP contribution is 2.61. The second-order valence-electron chi connectivity index (χ2n) is 13.8. The van der Waals surface area contributed by atoms with Gasteiger partial charge in [0.1, 0.15) is 23.1 Å². The Balaban J connectivity index is 1.12. The van der Waals surface area contributed by atoms with Crippen LogP contribution in [0.2, 0.25) is 0 Å². The van der Waals surface area contributed by atoms with E-state index in [-0.39, 0.29) is 28.5 Å². The first-order valence-corrected chi connectivity index (χ1v) is 14.3. The number of amides is 1. The number of ether oxygens (including phenoxy) is 2. The Kier molecular flexibility index (Phi) is 6.44. The topological polar surface area (TPSA) is 50.8 Å². The van der Waals surface area contributed by atoms with Crippen LogP contribution in [-0.2, 0) is 12.8 Å². The van der Waals surface area contributed by atoms with Crippen LogP contribution < -0.4 is 14.8 Å². The van der Waals surface area contributed by atoms with Crippen molar-refractivity contribution in [3.05, 3.63) is 59.2 Å². The zero-order valence-corrected chi connectivity index (χ0v) is 23.5. The lowest BCUT2D eigenvalue weighted by Crippen LogP contribution is -2.74. The van der Waals surface area contributed by atoms with Crippen molar-refractivity contribution in [3.8, 4) is 11.5 Å². The largest absolute Gasteiger partial charge is 0.496 e. The predicted octanol–water partition coefficient (Wildman–Crippen LogP) is 6.38. The molecule has 2 heterocycles. The third kappa shape index (κ3) is 4.60. The molecule has 2 aliphatic heterocycles. The minimum absolute atomic E-state index is 0.00224. The molecule has 2 aromatic rings. The number of hydrogen-bond donors (Lipinski definition) is 1. The number of carbonyl (C=O) groups is 1. The fourth-order valence-electron chi connectivity index (χ4n) is 8.45. The maximum absolute atomic E-state index is 14.9. The van der Waals surface area contributed by atoms with Crippen molar-refractivity contribution < 1.29 is 23.0 Å². The molecule has 2 saturated carbocycles. The van der Waals surface area contributed by atoms with E-state index in [4.69, 9.17) is 9.47 Å². The number of nitrogens with zero attached hydrogens (tertiary/aromatic N) is 1. The van der Waals surface area contributed by atoms with E-state index in [2.05, 4.69) is 26.1 Å². The number of methoxy groups -OCH3 is 1. The van der Waals surface area contributed by atoms with E-state index in [0.29, 0.717) is 59.3 Å². The highest BCUT2D eigenvalue weighted by Gasteiger charge is 2.64. The van der Waals surface area contributed by atoms with Gasteiger partial charge in [0.15, 0.2) is 0 Å². The molecule has 1 atom stereocenters. The molecule has 4 fully saturated rings. The van der Waals surface area contributed by atoms with Crippen molar-refractivity contribution in [1.82, 2.24) is 10.2 Å². The summed E-state index contributed by atoms with van der Waals surface area (Å²) in [6.07, 6.45) is 4.89. The summed E-state index contributed by atoms with van der Waals surface area (Å²) in [7, 11) is 1.57. The summed E-state index contributed by atoms with van der Waals surface area (Å²) in [5.74, 6) is 1.18. The molecule has 7 heteroatoms. The first-order valence-electron chi connectivity index (χ1n) is 14.3. The lowest BCUT2D eigenvalue weighted by Gasteiger charge is -2.67. The average molecular weight is 539 g/mol. The normalized spacial score (nSPS) is 24.9. The van der Waals surface area contributed by atoms with Gasteiger partial charge in [0, 0.05) is 42.2 Å². The second kappa shape index (κ2) is 9.46. The number of benzene rings is 2. The van der Waals surface area contributed by atoms with E-state index in [1.54, 1.807) is 31.4 Å². The van der Waals surface area contributed by atoms with Crippen LogP contribution >= 0.6 is 0 Å². The highest BCUT2D eigenvalue weighted by molar-refractivity contribution is 5.73. The van der Waals surface area contributed by atoms with Gasteiger partial charge < -0.3 is 19.7 Å². The standard InChI is InChI=1S/C32H40F2N2O3/c1-30(2,3)28-32(15-21(16-32)12-22-24(33)7-5-9-26(22)38-4)19-36(28)29(37)39-27-10-6-8-25(34)23(27)11-20-13-31(14-20)17-35-18-31/h5-10,20-21,28,35H,11-19H2,1-4H3. The lowest BCUT2D eigenvalue weighted by molar-refractivity contribution is -0.171. The Bertz CT molecular complexity index is 1250. The van der Waals surface area contributed by atoms with Crippen LogP contribution in [0.5, 0.6) is 11.5 Å². The number of likely N-dealkylation sites (tertiary alicyclic amines) is 1. The van der Waals surface area contributed by atoms with E-state index in [1.807, 2.05) is 4.90 Å². The minimum Gasteiger partial charge on any atom is -0.496 e. The van der Waals surface area contributed by atoms with Crippen molar-refractivity contribution in [2.24, 2.45) is 28.1 Å². The van der Waals surface area contributed by atoms with Crippen molar-refractivity contribution >= 4 is 6.09 Å². The SMILES string of the molecule is COc1cccc(F)c1CC1CC2(C1)CN(C(=O)Oc1cccc(F)c1CC1CC3(CNC3)C1)C2C(C)(C)C. The molecule has 210 valence electrons. The first kappa shape index (κ1) is 26.5. The molecule has 2 aliphatic carbocycles. The van der Waals surface area contributed by atoms with Crippen LogP contribution in [0.1, 0.15) is 57.6 Å². The molecule has 5 nitrogen and oxygen atoms in total. The van der Waals surface area contributed by atoms with Crippen LogP contribution in [0.15, 0.2) is 36.4 Å². The molecule has 2 saturated heterocycles. The molecule has 0 radical (unpaired) electrons. The van der Waals surface area contributed by atoms with Crippen LogP contribution in [0, 0.1) is 39.7 Å². The van der Waals surface area contributed by atoms with Crippen molar-refractivity contribution in [2.45, 2.75) is 65.3 Å². The van der Waals surface area contributed by atoms with Gasteiger partial charge >= 0.3 is 6.09 Å². The fraction of sp³-hybridized carbons (Fsp3) is 0.594. The van der Waals surface area contributed by atoms with E-state index in [1.165, 1.54) is 12.1 Å². The van der Waals surface area contributed by atoms with E-state index < -0.39 is 6.09 Å². The molecular weight excluding hydrogens is 498 g/mol. The van der Waals surface area contributed by atoms with Gasteiger partial charge in [-0.05, 0) is 85.5 Å². The molecule has 1 amide bonds. The molecule has 1 unspecified atom stereocenters. The smallest absolute Gasteiger partial charge is 0.415 e. The molecule has 39 heavy (non-hydrogen) atoms. The van der Waals surface area contributed by atoms with Gasteiger partial charge in [0.2, 0.25) is 0 Å². The predicted molar refractivity (Wildman–Crippen MR) is 146 cm³/mol. The number of nitrogens with one attached hydrogen (secondary N) is 1. The third-order valence-corrected chi connectivity index (χ3v) is 9.82. The number of carbonyl (C=O) groups excluding carboxylic acids is 1. The fourth-order valence-corrected chi connectivity index (χ4v) is 8.45. The van der Waals surface area contributed by atoms with Gasteiger partial charge in [-0.1, -0.05) is 32.9 Å². The van der Waals surface area contributed by atoms with E-state index in [0.717, 1.165) is 38.8 Å². The summed E-state index contributed by atoms with van der Waals surface area (Å²) in [6, 6.07) is 9.76. The number of halogens is 2. The molecular formula is C32H40F2N2O3. The quantitative estimate of drug-likeness (QED) is 0.464. The van der Waals surface area contributed by atoms with Gasteiger partial charge in [-0.2, -0.15) is 0 Å². The zero-order valence-electron chi connectivity index (χ0n) is 23.5. The molecule has 2 spiro atoms. The van der Waals surface area contributed by atoms with Crippen molar-refractivity contribution in [3.63, 3.8) is 0 Å². The van der Waals surface area contributed by atoms with Crippen LogP contribution in [0.4, 0.5) is 13.6 Å². The summed E-state index contributed by atoms with van der Waals surface area (Å²) in [6.45, 7) is 9.19. The average Bonchev–Trinajstić information content (AvgIpc) is 2.76. The Morgan fingerprint density at radius 1 is 0.949 bits per heavy atom. The van der Waals surface area contributed by atoms with Gasteiger partial charge in [0.05, 0.1) is 7.11 Å². The second-order valence-corrected chi connectivity index (χ2v) is 13.8. The summed E-state index contributed by atoms with van der Waals surface area (Å²) >= 11 is 0. The highest BCUT2D eigenvalue weighted by atomic mass is 19.1. The van der Waals surface area contributed by atoms with Crippen LogP contribution in [0.25, 0.3) is 0 Å². The summed E-state index contributed by atoms with van der Waals surface area (Å²) in [5.41, 5.74) is 1.41. The first-order chi connectivity index (χ1) is 18.5. The Hall–Kier alpha value is -2.67. The van der Waals surface area contributed by atoms with Crippen molar-refractivity contribution in [2.75, 3.05) is 26.7 Å². The molecule has 0 aromatic heterocycles.